The van der Waals surface area contributed by atoms with Crippen molar-refractivity contribution in [3.63, 3.8) is 0 Å². The van der Waals surface area contributed by atoms with Crippen LogP contribution in [0.4, 0.5) is 0 Å². The minimum absolute atomic E-state index is 0.0734. The van der Waals surface area contributed by atoms with Crippen LogP contribution in [-0.4, -0.2) is 17.7 Å². The first-order chi connectivity index (χ1) is 7.81. The van der Waals surface area contributed by atoms with E-state index in [0.29, 0.717) is 18.3 Å². The van der Waals surface area contributed by atoms with Gasteiger partial charge in [-0.15, -0.1) is 0 Å². The molecule has 0 heterocycles. The molecule has 0 amide bonds. The van der Waals surface area contributed by atoms with Gasteiger partial charge in [0.15, 0.2) is 0 Å². The molecular weight excluding hydrogens is 200 g/mol. The third-order valence-electron chi connectivity index (χ3n) is 3.34. The van der Waals surface area contributed by atoms with Gasteiger partial charge in [0.05, 0.1) is 0 Å². The van der Waals surface area contributed by atoms with Gasteiger partial charge in [0, 0.05) is 24.2 Å². The summed E-state index contributed by atoms with van der Waals surface area (Å²) >= 11 is 0. The van der Waals surface area contributed by atoms with Crippen molar-refractivity contribution in [2.24, 2.45) is 5.73 Å². The van der Waals surface area contributed by atoms with Crippen molar-refractivity contribution in [1.82, 2.24) is 5.32 Å². The fourth-order valence-corrected chi connectivity index (χ4v) is 2.44. The summed E-state index contributed by atoms with van der Waals surface area (Å²) in [5.41, 5.74) is 6.69. The minimum Gasteiger partial charge on any atom is -0.508 e. The Labute approximate surface area is 96.7 Å². The summed E-state index contributed by atoms with van der Waals surface area (Å²) < 4.78 is 0. The van der Waals surface area contributed by atoms with Gasteiger partial charge in [-0.3, -0.25) is 0 Å². The molecule has 0 spiro atoms. The molecule has 88 valence electrons. The average molecular weight is 220 g/mol. The average Bonchev–Trinajstić information content (AvgIpc) is 2.80. The number of nitrogens with two attached hydrogens (primary N) is 1. The molecule has 1 saturated carbocycles. The maximum atomic E-state index is 9.79. The van der Waals surface area contributed by atoms with E-state index in [9.17, 15) is 5.11 Å². The first kappa shape index (κ1) is 11.4. The lowest BCUT2D eigenvalue weighted by Gasteiger charge is -2.22. The topological polar surface area (TPSA) is 58.3 Å². The van der Waals surface area contributed by atoms with Crippen molar-refractivity contribution in [3.05, 3.63) is 29.8 Å². The predicted octanol–water partition coefficient (Wildman–Crippen LogP) is 1.92. The van der Waals surface area contributed by atoms with Crippen molar-refractivity contribution in [2.75, 3.05) is 6.54 Å². The quantitative estimate of drug-likeness (QED) is 0.726. The van der Waals surface area contributed by atoms with Gasteiger partial charge in [-0.1, -0.05) is 31.0 Å². The second-order valence-corrected chi connectivity index (χ2v) is 4.50. The molecule has 0 aliphatic heterocycles. The van der Waals surface area contributed by atoms with Crippen molar-refractivity contribution in [2.45, 2.75) is 37.8 Å². The second kappa shape index (κ2) is 5.32. The summed E-state index contributed by atoms with van der Waals surface area (Å²) in [7, 11) is 0. The number of rotatable bonds is 4. The molecule has 1 unspecified atom stereocenters. The van der Waals surface area contributed by atoms with Crippen LogP contribution in [0.1, 0.15) is 37.3 Å². The standard InChI is InChI=1S/C13H20N2O/c14-9-12(15-10-5-1-2-6-10)11-7-3-4-8-13(11)16/h3-4,7-8,10,12,15-16H,1-2,5-6,9,14H2. The lowest BCUT2D eigenvalue weighted by Crippen LogP contribution is -2.35. The number of hydrogen-bond donors (Lipinski definition) is 3. The molecule has 3 heteroatoms. The van der Waals surface area contributed by atoms with E-state index in [-0.39, 0.29) is 6.04 Å². The lowest BCUT2D eigenvalue weighted by molar-refractivity contribution is 0.416. The van der Waals surface area contributed by atoms with E-state index in [1.165, 1.54) is 25.7 Å². The van der Waals surface area contributed by atoms with E-state index >= 15 is 0 Å². The Bertz CT molecular complexity index is 334. The first-order valence-corrected chi connectivity index (χ1v) is 6.05. The Morgan fingerprint density at radius 1 is 1.31 bits per heavy atom. The second-order valence-electron chi connectivity index (χ2n) is 4.50. The highest BCUT2D eigenvalue weighted by molar-refractivity contribution is 5.34. The Balaban J connectivity index is 2.06. The highest BCUT2D eigenvalue weighted by Gasteiger charge is 2.20. The summed E-state index contributed by atoms with van der Waals surface area (Å²) in [5.74, 6) is 0.337. The molecule has 1 aromatic carbocycles. The van der Waals surface area contributed by atoms with Crippen LogP contribution in [0, 0.1) is 0 Å². The smallest absolute Gasteiger partial charge is 0.120 e. The SMILES string of the molecule is NCC(NC1CCCC1)c1ccccc1O. The molecule has 1 aliphatic rings. The van der Waals surface area contributed by atoms with Crippen molar-refractivity contribution < 1.29 is 5.11 Å². The van der Waals surface area contributed by atoms with Crippen LogP contribution in [-0.2, 0) is 0 Å². The lowest BCUT2D eigenvalue weighted by atomic mass is 10.0. The number of benzene rings is 1. The Morgan fingerprint density at radius 3 is 2.62 bits per heavy atom. The van der Waals surface area contributed by atoms with Crippen LogP contribution >= 0.6 is 0 Å². The van der Waals surface area contributed by atoms with E-state index in [2.05, 4.69) is 5.32 Å². The molecule has 2 rings (SSSR count). The Hall–Kier alpha value is -1.06. The maximum Gasteiger partial charge on any atom is 0.120 e. The molecule has 4 N–H and O–H groups in total. The number of hydrogen-bond acceptors (Lipinski definition) is 3. The Morgan fingerprint density at radius 2 is 2.00 bits per heavy atom. The number of aromatic hydroxyl groups is 1. The van der Waals surface area contributed by atoms with Crippen LogP contribution in [0.5, 0.6) is 5.75 Å². The summed E-state index contributed by atoms with van der Waals surface area (Å²) in [6.45, 7) is 0.522. The largest absolute Gasteiger partial charge is 0.508 e. The van der Waals surface area contributed by atoms with Crippen molar-refractivity contribution in [3.8, 4) is 5.75 Å². The number of phenols is 1. The van der Waals surface area contributed by atoms with E-state index in [0.717, 1.165) is 5.56 Å². The van der Waals surface area contributed by atoms with E-state index in [4.69, 9.17) is 5.73 Å². The summed E-state index contributed by atoms with van der Waals surface area (Å²) in [6, 6.07) is 8.07. The molecule has 3 nitrogen and oxygen atoms in total. The molecular formula is C13H20N2O. The molecule has 1 fully saturated rings. The van der Waals surface area contributed by atoms with Crippen LogP contribution in [0.2, 0.25) is 0 Å². The van der Waals surface area contributed by atoms with E-state index in [1.807, 2.05) is 18.2 Å². The van der Waals surface area contributed by atoms with Gasteiger partial charge >= 0.3 is 0 Å². The van der Waals surface area contributed by atoms with Gasteiger partial charge in [0.25, 0.3) is 0 Å². The van der Waals surface area contributed by atoms with Gasteiger partial charge in [-0.2, -0.15) is 0 Å². The predicted molar refractivity (Wildman–Crippen MR) is 65.3 cm³/mol. The maximum absolute atomic E-state index is 9.79. The number of para-hydroxylation sites is 1. The number of nitrogens with one attached hydrogen (secondary N) is 1. The van der Waals surface area contributed by atoms with Gasteiger partial charge in [0.1, 0.15) is 5.75 Å². The molecule has 0 bridgehead atoms. The summed E-state index contributed by atoms with van der Waals surface area (Å²) in [6.07, 6.45) is 5.06. The fourth-order valence-electron chi connectivity index (χ4n) is 2.44. The van der Waals surface area contributed by atoms with Gasteiger partial charge in [-0.05, 0) is 18.9 Å². The molecule has 16 heavy (non-hydrogen) atoms. The third-order valence-corrected chi connectivity index (χ3v) is 3.34. The zero-order valence-corrected chi connectivity index (χ0v) is 9.52. The van der Waals surface area contributed by atoms with Crippen LogP contribution < -0.4 is 11.1 Å². The molecule has 0 saturated heterocycles. The highest BCUT2D eigenvalue weighted by Crippen LogP contribution is 2.26. The van der Waals surface area contributed by atoms with Gasteiger partial charge in [0.2, 0.25) is 0 Å². The van der Waals surface area contributed by atoms with Crippen molar-refractivity contribution in [1.29, 1.82) is 0 Å². The van der Waals surface area contributed by atoms with E-state index in [1.54, 1.807) is 6.07 Å². The molecule has 1 aromatic rings. The molecule has 1 atom stereocenters. The van der Waals surface area contributed by atoms with E-state index < -0.39 is 0 Å². The van der Waals surface area contributed by atoms with Crippen LogP contribution in [0.15, 0.2) is 24.3 Å². The third kappa shape index (κ3) is 2.54. The monoisotopic (exact) mass is 220 g/mol. The molecule has 0 aromatic heterocycles. The molecule has 0 radical (unpaired) electrons. The first-order valence-electron chi connectivity index (χ1n) is 6.05. The minimum atomic E-state index is 0.0734. The number of phenolic OH excluding ortho intramolecular Hbond substituents is 1. The van der Waals surface area contributed by atoms with Gasteiger partial charge in [-0.25, -0.2) is 0 Å². The fraction of sp³-hybridized carbons (Fsp3) is 0.538. The molecule has 1 aliphatic carbocycles. The van der Waals surface area contributed by atoms with Crippen molar-refractivity contribution >= 4 is 0 Å². The van der Waals surface area contributed by atoms with Crippen LogP contribution in [0.25, 0.3) is 0 Å². The van der Waals surface area contributed by atoms with Gasteiger partial charge < -0.3 is 16.2 Å². The Kier molecular flexibility index (Phi) is 3.80. The zero-order valence-electron chi connectivity index (χ0n) is 9.52. The zero-order chi connectivity index (χ0) is 11.4. The summed E-state index contributed by atoms with van der Waals surface area (Å²) in [5, 5.41) is 13.3. The van der Waals surface area contributed by atoms with Crippen LogP contribution in [0.3, 0.4) is 0 Å². The highest BCUT2D eigenvalue weighted by atomic mass is 16.3. The normalized spacial score (nSPS) is 18.8. The summed E-state index contributed by atoms with van der Waals surface area (Å²) in [4.78, 5) is 0.